The Morgan fingerprint density at radius 1 is 1.15 bits per heavy atom. The van der Waals surface area contributed by atoms with Gasteiger partial charge in [0.2, 0.25) is 5.91 Å². The molecule has 1 amide bonds. The summed E-state index contributed by atoms with van der Waals surface area (Å²) >= 11 is 0. The number of sulfone groups is 1. The minimum atomic E-state index is -4.64. The lowest BCUT2D eigenvalue weighted by molar-refractivity contribution is -0.138. The van der Waals surface area contributed by atoms with Gasteiger partial charge < -0.3 is 5.32 Å². The maximum atomic E-state index is 13.1. The van der Waals surface area contributed by atoms with Crippen LogP contribution in [0.2, 0.25) is 0 Å². The van der Waals surface area contributed by atoms with Gasteiger partial charge in [0.15, 0.2) is 9.84 Å². The van der Waals surface area contributed by atoms with Gasteiger partial charge in [-0.3, -0.25) is 4.79 Å². The van der Waals surface area contributed by atoms with E-state index < -0.39 is 38.5 Å². The van der Waals surface area contributed by atoms with Gasteiger partial charge in [-0.15, -0.1) is 0 Å². The monoisotopic (exact) mass is 391 g/mol. The summed E-state index contributed by atoms with van der Waals surface area (Å²) in [5, 5.41) is 1.36. The zero-order valence-electron chi connectivity index (χ0n) is 14.7. The molecule has 1 aliphatic rings. The molecule has 1 unspecified atom stereocenters. The lowest BCUT2D eigenvalue weighted by Gasteiger charge is -2.20. The highest BCUT2D eigenvalue weighted by molar-refractivity contribution is 7.92. The molecule has 0 heterocycles. The fraction of sp³-hybridized carbons (Fsp3) is 0.611. The van der Waals surface area contributed by atoms with Crippen molar-refractivity contribution >= 4 is 15.7 Å². The van der Waals surface area contributed by atoms with Crippen LogP contribution in [0.1, 0.15) is 56.6 Å². The number of amides is 1. The van der Waals surface area contributed by atoms with Gasteiger partial charge in [-0.05, 0) is 31.4 Å². The van der Waals surface area contributed by atoms with Crippen molar-refractivity contribution in [3.05, 3.63) is 35.4 Å². The number of carbonyl (C=O) groups is 1. The van der Waals surface area contributed by atoms with Crippen molar-refractivity contribution in [2.75, 3.05) is 0 Å². The van der Waals surface area contributed by atoms with Crippen LogP contribution in [0.3, 0.4) is 0 Å². The van der Waals surface area contributed by atoms with Crippen LogP contribution >= 0.6 is 0 Å². The Labute approximate surface area is 152 Å². The Bertz CT molecular complexity index is 723. The molecule has 0 bridgehead atoms. The highest BCUT2D eigenvalue weighted by atomic mass is 32.2. The van der Waals surface area contributed by atoms with Crippen molar-refractivity contribution < 1.29 is 26.4 Å². The minimum absolute atomic E-state index is 0.0647. The molecule has 1 aromatic rings. The van der Waals surface area contributed by atoms with Gasteiger partial charge in [0.25, 0.3) is 0 Å². The average molecular weight is 391 g/mol. The number of carbonyl (C=O) groups excluding carboxylic acids is 1. The van der Waals surface area contributed by atoms with Gasteiger partial charge in [0.1, 0.15) is 5.25 Å². The van der Waals surface area contributed by atoms with Crippen LogP contribution in [-0.4, -0.2) is 25.6 Å². The first-order chi connectivity index (χ1) is 12.1. The van der Waals surface area contributed by atoms with E-state index in [4.69, 9.17) is 0 Å². The lowest BCUT2D eigenvalue weighted by atomic mass is 10.1. The van der Waals surface area contributed by atoms with Crippen LogP contribution in [0.25, 0.3) is 0 Å². The van der Waals surface area contributed by atoms with Crippen LogP contribution in [0.15, 0.2) is 24.3 Å². The Morgan fingerprint density at radius 2 is 1.73 bits per heavy atom. The van der Waals surface area contributed by atoms with Crippen LogP contribution in [-0.2, 0) is 26.6 Å². The second-order valence-electron chi connectivity index (χ2n) is 6.80. The fourth-order valence-electron chi connectivity index (χ4n) is 3.17. The SMILES string of the molecule is CC(C(=O)NC1CCCCCC1)S(=O)(=O)Cc1ccccc1C(F)(F)F. The Hall–Kier alpha value is -1.57. The molecule has 1 N–H and O–H groups in total. The number of hydrogen-bond donors (Lipinski definition) is 1. The van der Waals surface area contributed by atoms with Crippen molar-refractivity contribution in [3.63, 3.8) is 0 Å². The standard InChI is InChI=1S/C18H24F3NO3S/c1-13(17(23)22-15-9-4-2-3-5-10-15)26(24,25)12-14-8-6-7-11-16(14)18(19,20)21/h6-8,11,13,15H,2-5,9-10,12H2,1H3,(H,22,23). The Morgan fingerprint density at radius 3 is 2.31 bits per heavy atom. The summed E-state index contributed by atoms with van der Waals surface area (Å²) in [5.41, 5.74) is -1.32. The lowest BCUT2D eigenvalue weighted by Crippen LogP contribution is -2.43. The molecule has 4 nitrogen and oxygen atoms in total. The van der Waals surface area contributed by atoms with E-state index in [1.54, 1.807) is 0 Å². The van der Waals surface area contributed by atoms with Crippen molar-refractivity contribution in [1.82, 2.24) is 5.32 Å². The summed E-state index contributed by atoms with van der Waals surface area (Å²) in [5.74, 6) is -1.46. The van der Waals surface area contributed by atoms with E-state index in [0.717, 1.165) is 50.7 Å². The molecule has 1 fully saturated rings. The molecular weight excluding hydrogens is 367 g/mol. The number of benzene rings is 1. The van der Waals surface area contributed by atoms with E-state index in [1.165, 1.54) is 19.1 Å². The smallest absolute Gasteiger partial charge is 0.352 e. The summed E-state index contributed by atoms with van der Waals surface area (Å²) in [6, 6.07) is 4.49. The second kappa shape index (κ2) is 8.41. The van der Waals surface area contributed by atoms with Crippen molar-refractivity contribution in [1.29, 1.82) is 0 Å². The maximum Gasteiger partial charge on any atom is 0.416 e. The first-order valence-corrected chi connectivity index (χ1v) is 10.5. The van der Waals surface area contributed by atoms with Gasteiger partial charge in [0, 0.05) is 6.04 Å². The van der Waals surface area contributed by atoms with E-state index >= 15 is 0 Å². The quantitative estimate of drug-likeness (QED) is 0.776. The highest BCUT2D eigenvalue weighted by Gasteiger charge is 2.36. The van der Waals surface area contributed by atoms with Crippen LogP contribution in [0, 0.1) is 0 Å². The van der Waals surface area contributed by atoms with E-state index in [2.05, 4.69) is 5.32 Å². The normalized spacial score (nSPS) is 18.2. The van der Waals surface area contributed by atoms with Crippen molar-refractivity contribution in [3.8, 4) is 0 Å². The molecule has 2 rings (SSSR count). The number of alkyl halides is 3. The zero-order valence-corrected chi connectivity index (χ0v) is 15.5. The van der Waals surface area contributed by atoms with E-state index in [9.17, 15) is 26.4 Å². The van der Waals surface area contributed by atoms with Gasteiger partial charge in [-0.2, -0.15) is 13.2 Å². The molecule has 146 valence electrons. The first kappa shape index (κ1) is 20.7. The summed E-state index contributed by atoms with van der Waals surface area (Å²) in [4.78, 5) is 12.3. The third-order valence-electron chi connectivity index (χ3n) is 4.79. The molecule has 1 saturated carbocycles. The van der Waals surface area contributed by atoms with Gasteiger partial charge >= 0.3 is 6.18 Å². The van der Waals surface area contributed by atoms with Gasteiger partial charge in [-0.1, -0.05) is 43.9 Å². The fourth-order valence-corrected chi connectivity index (χ4v) is 4.50. The Kier molecular flexibility index (Phi) is 6.71. The number of hydrogen-bond acceptors (Lipinski definition) is 3. The largest absolute Gasteiger partial charge is 0.416 e. The summed E-state index contributed by atoms with van der Waals surface area (Å²) in [7, 11) is -4.07. The Balaban J connectivity index is 2.10. The molecule has 1 atom stereocenters. The molecule has 1 aliphatic carbocycles. The molecule has 8 heteroatoms. The van der Waals surface area contributed by atoms with Gasteiger partial charge in [0.05, 0.1) is 11.3 Å². The molecule has 0 saturated heterocycles. The van der Waals surface area contributed by atoms with Crippen LogP contribution in [0.4, 0.5) is 13.2 Å². The predicted octanol–water partition coefficient (Wildman–Crippen LogP) is 3.85. The molecule has 0 radical (unpaired) electrons. The average Bonchev–Trinajstić information content (AvgIpc) is 2.81. The van der Waals surface area contributed by atoms with Crippen LogP contribution in [0.5, 0.6) is 0 Å². The van der Waals surface area contributed by atoms with E-state index in [-0.39, 0.29) is 11.6 Å². The summed E-state index contributed by atoms with van der Waals surface area (Å²) in [6.45, 7) is 1.23. The van der Waals surface area contributed by atoms with Gasteiger partial charge in [-0.25, -0.2) is 8.42 Å². The second-order valence-corrected chi connectivity index (χ2v) is 9.12. The number of rotatable bonds is 5. The molecule has 26 heavy (non-hydrogen) atoms. The minimum Gasteiger partial charge on any atom is -0.352 e. The molecular formula is C18H24F3NO3S. The number of nitrogens with one attached hydrogen (secondary N) is 1. The van der Waals surface area contributed by atoms with Crippen molar-refractivity contribution in [2.24, 2.45) is 0 Å². The molecule has 0 aliphatic heterocycles. The van der Waals surface area contributed by atoms with Crippen LogP contribution < -0.4 is 5.32 Å². The molecule has 0 spiro atoms. The summed E-state index contributed by atoms with van der Waals surface area (Å²) < 4.78 is 64.2. The third kappa shape index (κ3) is 5.46. The highest BCUT2D eigenvalue weighted by Crippen LogP contribution is 2.33. The van der Waals surface area contributed by atoms with E-state index in [0.29, 0.717) is 0 Å². The molecule has 1 aromatic carbocycles. The van der Waals surface area contributed by atoms with E-state index in [1.807, 2.05) is 0 Å². The number of halogens is 3. The third-order valence-corrected chi connectivity index (χ3v) is 6.79. The molecule has 0 aromatic heterocycles. The predicted molar refractivity (Wildman–Crippen MR) is 93.2 cm³/mol. The summed E-state index contributed by atoms with van der Waals surface area (Å²) in [6.07, 6.45) is 1.10. The topological polar surface area (TPSA) is 63.2 Å². The zero-order chi connectivity index (χ0) is 19.4. The first-order valence-electron chi connectivity index (χ1n) is 8.78. The van der Waals surface area contributed by atoms with Crippen molar-refractivity contribution in [2.45, 2.75) is 68.7 Å². The maximum absolute atomic E-state index is 13.1.